The molecular formula is C11H11FN4O4S. The quantitative estimate of drug-likeness (QED) is 0.681. The Morgan fingerprint density at radius 1 is 1.38 bits per heavy atom. The lowest BCUT2D eigenvalue weighted by atomic mass is 10.3. The largest absolute Gasteiger partial charge is 0.304 e. The van der Waals surface area contributed by atoms with Gasteiger partial charge in [0.2, 0.25) is 5.82 Å². The summed E-state index contributed by atoms with van der Waals surface area (Å²) in [5.74, 6) is -1.02. The molecule has 1 aromatic heterocycles. The first kappa shape index (κ1) is 14.9. The lowest BCUT2D eigenvalue weighted by Gasteiger charge is -2.08. The number of anilines is 1. The summed E-state index contributed by atoms with van der Waals surface area (Å²) in [5, 5.41) is 14.5. The van der Waals surface area contributed by atoms with Gasteiger partial charge in [-0.1, -0.05) is 0 Å². The molecule has 1 heterocycles. The summed E-state index contributed by atoms with van der Waals surface area (Å²) < 4.78 is 41.3. The van der Waals surface area contributed by atoms with Crippen LogP contribution in [0.3, 0.4) is 0 Å². The number of hydrogen-bond acceptors (Lipinski definition) is 5. The van der Waals surface area contributed by atoms with Crippen molar-refractivity contribution in [3.63, 3.8) is 0 Å². The lowest BCUT2D eigenvalue weighted by molar-refractivity contribution is -0.387. The van der Waals surface area contributed by atoms with Crippen LogP contribution in [0, 0.1) is 22.9 Å². The summed E-state index contributed by atoms with van der Waals surface area (Å²) in [6.45, 7) is 1.68. The van der Waals surface area contributed by atoms with E-state index in [-0.39, 0.29) is 5.82 Å². The number of rotatable bonds is 4. The Morgan fingerprint density at radius 3 is 2.52 bits per heavy atom. The lowest BCUT2D eigenvalue weighted by Crippen LogP contribution is -2.15. The minimum Gasteiger partial charge on any atom is -0.264 e. The van der Waals surface area contributed by atoms with Crippen molar-refractivity contribution in [3.8, 4) is 0 Å². The van der Waals surface area contributed by atoms with Gasteiger partial charge in [-0.05, 0) is 13.0 Å². The molecule has 0 radical (unpaired) electrons. The van der Waals surface area contributed by atoms with Crippen LogP contribution in [0.5, 0.6) is 0 Å². The van der Waals surface area contributed by atoms with Crippen LogP contribution in [-0.2, 0) is 17.1 Å². The molecule has 0 unspecified atom stereocenters. The highest BCUT2D eigenvalue weighted by atomic mass is 32.2. The molecule has 0 aliphatic heterocycles. The maximum Gasteiger partial charge on any atom is 0.304 e. The average Bonchev–Trinajstić information content (AvgIpc) is 2.66. The molecule has 0 saturated heterocycles. The van der Waals surface area contributed by atoms with Crippen molar-refractivity contribution in [1.29, 1.82) is 0 Å². The fourth-order valence-electron chi connectivity index (χ4n) is 1.71. The maximum atomic E-state index is 13.5. The molecular weight excluding hydrogens is 303 g/mol. The minimum absolute atomic E-state index is 0.200. The van der Waals surface area contributed by atoms with Gasteiger partial charge < -0.3 is 0 Å². The van der Waals surface area contributed by atoms with E-state index >= 15 is 0 Å². The first-order valence-corrected chi connectivity index (χ1v) is 7.16. The fraction of sp³-hybridized carbons (Fsp3) is 0.182. The molecule has 0 saturated carbocycles. The van der Waals surface area contributed by atoms with E-state index in [4.69, 9.17) is 0 Å². The molecule has 21 heavy (non-hydrogen) atoms. The highest BCUT2D eigenvalue weighted by Crippen LogP contribution is 2.22. The number of halogens is 1. The predicted octanol–water partition coefficient (Wildman–Crippen LogP) is 1.58. The smallest absolute Gasteiger partial charge is 0.264 e. The van der Waals surface area contributed by atoms with Gasteiger partial charge in [-0.3, -0.25) is 19.5 Å². The van der Waals surface area contributed by atoms with Crippen molar-refractivity contribution in [1.82, 2.24) is 9.78 Å². The molecule has 0 aliphatic rings. The van der Waals surface area contributed by atoms with Gasteiger partial charge in [0.25, 0.3) is 10.0 Å². The summed E-state index contributed by atoms with van der Waals surface area (Å²) in [4.78, 5) is 9.17. The topological polar surface area (TPSA) is 107 Å². The van der Waals surface area contributed by atoms with E-state index in [2.05, 4.69) is 9.82 Å². The van der Waals surface area contributed by atoms with E-state index in [1.165, 1.54) is 10.7 Å². The maximum absolute atomic E-state index is 13.5. The van der Waals surface area contributed by atoms with Crippen LogP contribution in [-0.4, -0.2) is 23.1 Å². The summed E-state index contributed by atoms with van der Waals surface area (Å²) in [6.07, 6.45) is 0. The number of nitrogens with one attached hydrogen (secondary N) is 1. The SMILES string of the molecule is Cc1cc(NS(=O)(=O)c2ccc([N+](=O)[O-])c(F)c2)n(C)n1. The van der Waals surface area contributed by atoms with Crippen molar-refractivity contribution < 1.29 is 17.7 Å². The number of hydrogen-bond donors (Lipinski definition) is 1. The standard InChI is InChI=1S/C11H11FN4O4S/c1-7-5-11(15(2)13-7)14-21(19,20)8-3-4-10(16(17)18)9(12)6-8/h3-6,14H,1-2H3. The number of benzene rings is 1. The van der Waals surface area contributed by atoms with Crippen molar-refractivity contribution >= 4 is 21.5 Å². The second kappa shape index (κ2) is 5.13. The highest BCUT2D eigenvalue weighted by Gasteiger charge is 2.21. The zero-order chi connectivity index (χ0) is 15.8. The Hall–Kier alpha value is -2.49. The zero-order valence-electron chi connectivity index (χ0n) is 11.1. The molecule has 0 atom stereocenters. The summed E-state index contributed by atoms with van der Waals surface area (Å²) in [7, 11) is -2.52. The molecule has 0 fully saturated rings. The molecule has 2 rings (SSSR count). The number of aromatic nitrogens is 2. The Bertz CT molecular complexity index is 816. The van der Waals surface area contributed by atoms with E-state index in [1.54, 1.807) is 14.0 Å². The zero-order valence-corrected chi connectivity index (χ0v) is 11.9. The van der Waals surface area contributed by atoms with Crippen LogP contribution in [0.2, 0.25) is 0 Å². The van der Waals surface area contributed by atoms with E-state index in [9.17, 15) is 22.9 Å². The number of aryl methyl sites for hydroxylation is 2. The van der Waals surface area contributed by atoms with Gasteiger partial charge >= 0.3 is 5.69 Å². The van der Waals surface area contributed by atoms with Crippen LogP contribution < -0.4 is 4.72 Å². The van der Waals surface area contributed by atoms with E-state index in [0.29, 0.717) is 11.8 Å². The third-order valence-electron chi connectivity index (χ3n) is 2.67. The van der Waals surface area contributed by atoms with Crippen molar-refractivity contribution in [2.45, 2.75) is 11.8 Å². The molecule has 0 spiro atoms. The minimum atomic E-state index is -4.06. The van der Waals surface area contributed by atoms with Gasteiger partial charge in [0.1, 0.15) is 5.82 Å². The fourth-order valence-corrected chi connectivity index (χ4v) is 2.80. The normalized spacial score (nSPS) is 11.4. The molecule has 0 bridgehead atoms. The number of nitro groups is 1. The third-order valence-corrected chi connectivity index (χ3v) is 4.02. The number of nitrogens with zero attached hydrogens (tertiary/aromatic N) is 3. The molecule has 1 aromatic carbocycles. The van der Waals surface area contributed by atoms with Crippen LogP contribution >= 0.6 is 0 Å². The Kier molecular flexibility index (Phi) is 3.64. The first-order valence-electron chi connectivity index (χ1n) is 5.68. The Balaban J connectivity index is 2.38. The van der Waals surface area contributed by atoms with Crippen molar-refractivity contribution in [2.75, 3.05) is 4.72 Å². The van der Waals surface area contributed by atoms with Crippen molar-refractivity contribution in [2.24, 2.45) is 7.05 Å². The Morgan fingerprint density at radius 2 is 2.05 bits per heavy atom. The van der Waals surface area contributed by atoms with Gasteiger partial charge in [0.15, 0.2) is 0 Å². The monoisotopic (exact) mass is 314 g/mol. The molecule has 1 N–H and O–H groups in total. The van der Waals surface area contributed by atoms with E-state index in [0.717, 1.165) is 12.1 Å². The summed E-state index contributed by atoms with van der Waals surface area (Å²) in [6, 6.07) is 3.87. The number of nitro benzene ring substituents is 1. The van der Waals surface area contributed by atoms with E-state index in [1.807, 2.05) is 0 Å². The number of sulfonamides is 1. The molecule has 112 valence electrons. The summed E-state index contributed by atoms with van der Waals surface area (Å²) in [5.41, 5.74) is -0.185. The van der Waals surface area contributed by atoms with Crippen LogP contribution in [0.1, 0.15) is 5.69 Å². The van der Waals surface area contributed by atoms with Crippen LogP contribution in [0.25, 0.3) is 0 Å². The van der Waals surface area contributed by atoms with Gasteiger partial charge in [-0.2, -0.15) is 9.49 Å². The van der Waals surface area contributed by atoms with Crippen LogP contribution in [0.4, 0.5) is 15.9 Å². The first-order chi connectivity index (χ1) is 9.70. The molecule has 0 aliphatic carbocycles. The van der Waals surface area contributed by atoms with Gasteiger partial charge in [0.05, 0.1) is 15.5 Å². The molecule has 0 amide bonds. The van der Waals surface area contributed by atoms with Crippen molar-refractivity contribution in [3.05, 3.63) is 45.9 Å². The average molecular weight is 314 g/mol. The van der Waals surface area contributed by atoms with Gasteiger partial charge in [0, 0.05) is 25.2 Å². The second-order valence-electron chi connectivity index (χ2n) is 4.27. The van der Waals surface area contributed by atoms with Gasteiger partial charge in [-0.15, -0.1) is 0 Å². The Labute approximate surface area is 119 Å². The molecule has 10 heteroatoms. The highest BCUT2D eigenvalue weighted by molar-refractivity contribution is 7.92. The van der Waals surface area contributed by atoms with Crippen LogP contribution in [0.15, 0.2) is 29.2 Å². The molecule has 8 nitrogen and oxygen atoms in total. The van der Waals surface area contributed by atoms with E-state index < -0.39 is 31.3 Å². The molecule has 2 aromatic rings. The third kappa shape index (κ3) is 2.99. The van der Waals surface area contributed by atoms with Gasteiger partial charge in [-0.25, -0.2) is 8.42 Å². The second-order valence-corrected chi connectivity index (χ2v) is 5.95. The predicted molar refractivity (Wildman–Crippen MR) is 71.8 cm³/mol. The summed E-state index contributed by atoms with van der Waals surface area (Å²) >= 11 is 0.